The zero-order valence-corrected chi connectivity index (χ0v) is 14.7. The van der Waals surface area contributed by atoms with Gasteiger partial charge in [0.15, 0.2) is 34.8 Å². The van der Waals surface area contributed by atoms with Gasteiger partial charge in [-0.25, -0.2) is 22.5 Å². The van der Waals surface area contributed by atoms with Gasteiger partial charge in [-0.2, -0.15) is 0 Å². The van der Waals surface area contributed by atoms with Crippen molar-refractivity contribution in [1.29, 1.82) is 0 Å². The number of ether oxygens (including phenoxy) is 1. The number of para-hydroxylation sites is 1. The maximum Gasteiger partial charge on any atom is 0.261 e. The van der Waals surface area contributed by atoms with Gasteiger partial charge in [0.05, 0.1) is 23.8 Å². The second-order valence-electron chi connectivity index (χ2n) is 6.26. The largest absolute Gasteiger partial charge is 0.451 e. The highest BCUT2D eigenvalue weighted by Crippen LogP contribution is 2.27. The Morgan fingerprint density at radius 1 is 0.828 bits per heavy atom. The van der Waals surface area contributed by atoms with Crippen molar-refractivity contribution in [2.24, 2.45) is 0 Å². The summed E-state index contributed by atoms with van der Waals surface area (Å²) >= 11 is 0. The summed E-state index contributed by atoms with van der Waals surface area (Å²) in [5.41, 5.74) is -0.180. The molecule has 0 aliphatic heterocycles. The molecule has 4 aromatic rings. The van der Waals surface area contributed by atoms with E-state index in [-0.39, 0.29) is 28.9 Å². The minimum absolute atomic E-state index is 0.0185. The number of fused-ring (bicyclic) bond motifs is 1. The summed E-state index contributed by atoms with van der Waals surface area (Å²) in [4.78, 5) is 16.4. The van der Waals surface area contributed by atoms with E-state index in [0.29, 0.717) is 5.56 Å². The summed E-state index contributed by atoms with van der Waals surface area (Å²) < 4.78 is 61.2. The van der Waals surface area contributed by atoms with Gasteiger partial charge in [0, 0.05) is 6.07 Å². The molecule has 0 saturated heterocycles. The van der Waals surface area contributed by atoms with Gasteiger partial charge in [-0.15, -0.1) is 0 Å². The Hall–Kier alpha value is -3.68. The molecule has 0 saturated carbocycles. The van der Waals surface area contributed by atoms with Crippen LogP contribution in [0.4, 0.5) is 17.6 Å². The van der Waals surface area contributed by atoms with Gasteiger partial charge in [-0.1, -0.05) is 18.2 Å². The molecule has 0 fully saturated rings. The normalized spacial score (nSPS) is 11.0. The molecular formula is C21H12F4N2O2. The maximum atomic E-state index is 14.4. The fourth-order valence-corrected chi connectivity index (χ4v) is 2.83. The van der Waals surface area contributed by atoms with E-state index < -0.39 is 28.8 Å². The van der Waals surface area contributed by atoms with Gasteiger partial charge < -0.3 is 4.74 Å². The summed E-state index contributed by atoms with van der Waals surface area (Å²) in [7, 11) is 0. The lowest BCUT2D eigenvalue weighted by Gasteiger charge is -2.10. The molecule has 0 aliphatic carbocycles. The molecule has 4 rings (SSSR count). The molecule has 0 unspecified atom stereocenters. The predicted octanol–water partition coefficient (Wildman–Crippen LogP) is 4.79. The Labute approximate surface area is 161 Å². The molecule has 0 spiro atoms. The number of hydrogen-bond acceptors (Lipinski definition) is 3. The quantitative estimate of drug-likeness (QED) is 0.463. The van der Waals surface area contributed by atoms with Gasteiger partial charge in [0.1, 0.15) is 0 Å². The Morgan fingerprint density at radius 3 is 2.31 bits per heavy atom. The van der Waals surface area contributed by atoms with Crippen LogP contribution in [0.5, 0.6) is 11.5 Å². The highest BCUT2D eigenvalue weighted by Gasteiger charge is 2.12. The third-order valence-corrected chi connectivity index (χ3v) is 4.27. The predicted molar refractivity (Wildman–Crippen MR) is 97.9 cm³/mol. The lowest BCUT2D eigenvalue weighted by molar-refractivity contribution is 0.414. The lowest BCUT2D eigenvalue weighted by atomic mass is 10.2. The molecule has 29 heavy (non-hydrogen) atoms. The van der Waals surface area contributed by atoms with Crippen LogP contribution in [-0.4, -0.2) is 9.55 Å². The van der Waals surface area contributed by atoms with Crippen LogP contribution in [0.25, 0.3) is 10.9 Å². The van der Waals surface area contributed by atoms with E-state index >= 15 is 0 Å². The average molecular weight is 400 g/mol. The molecule has 3 aromatic carbocycles. The molecule has 4 nitrogen and oxygen atoms in total. The molecule has 0 radical (unpaired) electrons. The Bertz CT molecular complexity index is 1290. The summed E-state index contributed by atoms with van der Waals surface area (Å²) in [6.07, 6.45) is 1.17. The van der Waals surface area contributed by atoms with Crippen LogP contribution in [0.1, 0.15) is 5.56 Å². The van der Waals surface area contributed by atoms with Gasteiger partial charge in [0.2, 0.25) is 0 Å². The first kappa shape index (κ1) is 18.7. The molecule has 8 heteroatoms. The molecule has 146 valence electrons. The Balaban J connectivity index is 1.63. The first-order chi connectivity index (χ1) is 13.9. The zero-order chi connectivity index (χ0) is 20.5. The average Bonchev–Trinajstić information content (AvgIpc) is 2.69. The van der Waals surface area contributed by atoms with E-state index in [9.17, 15) is 22.4 Å². The summed E-state index contributed by atoms with van der Waals surface area (Å²) in [6.45, 7) is -0.0579. The van der Waals surface area contributed by atoms with Crippen molar-refractivity contribution < 1.29 is 22.3 Å². The van der Waals surface area contributed by atoms with Gasteiger partial charge in [-0.3, -0.25) is 9.36 Å². The van der Waals surface area contributed by atoms with Crippen molar-refractivity contribution in [1.82, 2.24) is 9.55 Å². The van der Waals surface area contributed by atoms with Crippen LogP contribution < -0.4 is 10.3 Å². The van der Waals surface area contributed by atoms with Gasteiger partial charge in [-0.05, 0) is 35.9 Å². The number of nitrogens with zero attached hydrogens (tertiary/aromatic N) is 2. The van der Waals surface area contributed by atoms with Gasteiger partial charge >= 0.3 is 0 Å². The number of hydrogen-bond donors (Lipinski definition) is 0. The molecular weight excluding hydrogens is 388 g/mol. The SMILES string of the molecule is O=c1c2cc(F)c(F)cc2ncn1Cc1ccc(Oc2ccccc2F)c(F)c1. The third-order valence-electron chi connectivity index (χ3n) is 4.27. The molecule has 0 aliphatic rings. The summed E-state index contributed by atoms with van der Waals surface area (Å²) in [5, 5.41) is -0.0913. The van der Waals surface area contributed by atoms with Crippen LogP contribution in [0.2, 0.25) is 0 Å². The minimum atomic E-state index is -1.16. The van der Waals surface area contributed by atoms with Crippen molar-refractivity contribution >= 4 is 10.9 Å². The summed E-state index contributed by atoms with van der Waals surface area (Å²) in [6, 6.07) is 11.2. The fourth-order valence-electron chi connectivity index (χ4n) is 2.83. The minimum Gasteiger partial charge on any atom is -0.451 e. The molecule has 0 atom stereocenters. The van der Waals surface area contributed by atoms with E-state index in [2.05, 4.69) is 4.98 Å². The number of benzene rings is 3. The smallest absolute Gasteiger partial charge is 0.261 e. The molecule has 1 aromatic heterocycles. The van der Waals surface area contributed by atoms with Gasteiger partial charge in [0.25, 0.3) is 5.56 Å². The highest BCUT2D eigenvalue weighted by molar-refractivity contribution is 5.77. The van der Waals surface area contributed by atoms with E-state index in [1.165, 1.54) is 36.7 Å². The second kappa shape index (κ2) is 7.38. The highest BCUT2D eigenvalue weighted by atomic mass is 19.2. The maximum absolute atomic E-state index is 14.4. The lowest BCUT2D eigenvalue weighted by Crippen LogP contribution is -2.21. The monoisotopic (exact) mass is 400 g/mol. The molecule has 0 amide bonds. The zero-order valence-electron chi connectivity index (χ0n) is 14.7. The van der Waals surface area contributed by atoms with Crippen molar-refractivity contribution in [2.45, 2.75) is 6.54 Å². The van der Waals surface area contributed by atoms with Crippen molar-refractivity contribution in [3.8, 4) is 11.5 Å². The van der Waals surface area contributed by atoms with Crippen molar-refractivity contribution in [3.63, 3.8) is 0 Å². The Kier molecular flexibility index (Phi) is 4.75. The molecule has 0 bridgehead atoms. The Morgan fingerprint density at radius 2 is 1.55 bits per heavy atom. The van der Waals surface area contributed by atoms with Crippen molar-refractivity contribution in [3.05, 3.63) is 100 Å². The first-order valence-corrected chi connectivity index (χ1v) is 8.47. The summed E-state index contributed by atoms with van der Waals surface area (Å²) in [5.74, 6) is -3.94. The van der Waals surface area contributed by atoms with E-state index in [1.807, 2.05) is 0 Å². The van der Waals surface area contributed by atoms with E-state index in [1.54, 1.807) is 6.07 Å². The third kappa shape index (κ3) is 3.69. The number of aromatic nitrogens is 2. The van der Waals surface area contributed by atoms with Crippen LogP contribution in [0, 0.1) is 23.3 Å². The van der Waals surface area contributed by atoms with Crippen LogP contribution in [0.15, 0.2) is 65.7 Å². The fraction of sp³-hybridized carbons (Fsp3) is 0.0476. The second-order valence-corrected chi connectivity index (χ2v) is 6.26. The first-order valence-electron chi connectivity index (χ1n) is 8.47. The number of rotatable bonds is 4. The standard InChI is InChI=1S/C21H12F4N2O2/c22-14-3-1-2-4-19(14)29-20-6-5-12(7-17(20)25)10-27-11-26-18-9-16(24)15(23)8-13(18)21(27)28/h1-9,11H,10H2. The molecule has 1 heterocycles. The van der Waals surface area contributed by atoms with E-state index in [4.69, 9.17) is 4.74 Å². The van der Waals surface area contributed by atoms with Crippen LogP contribution in [-0.2, 0) is 6.54 Å². The van der Waals surface area contributed by atoms with E-state index in [0.717, 1.165) is 22.8 Å². The van der Waals surface area contributed by atoms with Crippen LogP contribution in [0.3, 0.4) is 0 Å². The van der Waals surface area contributed by atoms with Crippen molar-refractivity contribution in [2.75, 3.05) is 0 Å². The number of halogens is 4. The topological polar surface area (TPSA) is 44.1 Å². The van der Waals surface area contributed by atoms with Crippen LogP contribution >= 0.6 is 0 Å². The molecule has 0 N–H and O–H groups in total.